The number of phosphoric acid groups is 1. The molecule has 0 bridgehead atoms. The molecule has 0 aliphatic carbocycles. The highest BCUT2D eigenvalue weighted by Crippen LogP contribution is 2.43. The van der Waals surface area contributed by atoms with Gasteiger partial charge in [0.05, 0.1) is 26.4 Å². The second-order valence-electron chi connectivity index (χ2n) is 15.4. The fraction of sp³-hybridized carbons (Fsp3) is 0.771. The summed E-state index contributed by atoms with van der Waals surface area (Å²) in [7, 11) is -4.53. The van der Waals surface area contributed by atoms with E-state index in [9.17, 15) is 19.4 Å². The number of carbonyl (C=O) groups excluding carboxylic acids is 1. The van der Waals surface area contributed by atoms with Gasteiger partial charge in [0.15, 0.2) is 0 Å². The summed E-state index contributed by atoms with van der Waals surface area (Å²) < 4.78 is 33.4. The van der Waals surface area contributed by atoms with Crippen LogP contribution in [-0.4, -0.2) is 66.3 Å². The highest BCUT2D eigenvalue weighted by Gasteiger charge is 2.26. The summed E-state index contributed by atoms with van der Waals surface area (Å²) in [5, 5.41) is 18.4. The van der Waals surface area contributed by atoms with Crippen LogP contribution in [0.1, 0.15) is 194 Å². The van der Waals surface area contributed by atoms with Gasteiger partial charge in [0, 0.05) is 13.0 Å². The third-order valence-corrected chi connectivity index (χ3v) is 10.6. The van der Waals surface area contributed by atoms with Crippen LogP contribution in [0.5, 0.6) is 0 Å². The lowest BCUT2D eigenvalue weighted by Gasteiger charge is -2.20. The van der Waals surface area contributed by atoms with E-state index in [-0.39, 0.29) is 19.6 Å². The second kappa shape index (κ2) is 44.7. The summed E-state index contributed by atoms with van der Waals surface area (Å²) in [6.07, 6.45) is 51.8. The minimum atomic E-state index is -4.53. The standard InChI is InChI=1S/C48H87O9P/c1-3-5-7-9-11-13-15-17-19-20-21-22-23-24-25-26-27-28-30-32-34-36-38-40-48(51)57-47(45-56-58(52,53)55-43-46(50)42-49)44-54-41-39-37-35-33-31-29-18-16-14-12-10-8-6-4-2/h8,10,14-17,20-21,23-24,46-47,49-50H,3-7,9,11-13,18-19,22,25-45H2,1-2H3,(H,52,53)/b10-8-,16-14-,17-15-,21-20-,24-23-. The first-order valence-electron chi connectivity index (χ1n) is 23.3. The summed E-state index contributed by atoms with van der Waals surface area (Å²) >= 11 is 0. The minimum absolute atomic E-state index is 0.0367. The summed E-state index contributed by atoms with van der Waals surface area (Å²) in [5.41, 5.74) is 0. The van der Waals surface area contributed by atoms with Crippen LogP contribution < -0.4 is 0 Å². The maximum absolute atomic E-state index is 12.6. The van der Waals surface area contributed by atoms with Crippen LogP contribution in [0, 0.1) is 0 Å². The highest BCUT2D eigenvalue weighted by atomic mass is 31.2. The van der Waals surface area contributed by atoms with E-state index in [1.165, 1.54) is 89.9 Å². The van der Waals surface area contributed by atoms with Crippen LogP contribution in [0.3, 0.4) is 0 Å². The number of hydrogen-bond acceptors (Lipinski definition) is 8. The van der Waals surface area contributed by atoms with E-state index in [2.05, 4.69) is 74.6 Å². The molecule has 0 saturated heterocycles. The van der Waals surface area contributed by atoms with Gasteiger partial charge >= 0.3 is 13.8 Å². The molecule has 0 aromatic heterocycles. The van der Waals surface area contributed by atoms with Gasteiger partial charge < -0.3 is 24.6 Å². The van der Waals surface area contributed by atoms with Crippen molar-refractivity contribution in [2.75, 3.05) is 33.0 Å². The molecule has 10 heteroatoms. The van der Waals surface area contributed by atoms with E-state index in [1.807, 2.05) is 0 Å². The largest absolute Gasteiger partial charge is 0.472 e. The number of phosphoric ester groups is 1. The van der Waals surface area contributed by atoms with E-state index in [1.54, 1.807) is 0 Å². The molecule has 0 spiro atoms. The zero-order valence-electron chi connectivity index (χ0n) is 37.0. The number of unbranched alkanes of at least 4 members (excludes halogenated alkanes) is 20. The zero-order chi connectivity index (χ0) is 42.5. The minimum Gasteiger partial charge on any atom is -0.457 e. The number of aliphatic hydroxyl groups excluding tert-OH is 2. The molecule has 0 aromatic carbocycles. The maximum Gasteiger partial charge on any atom is 0.472 e. The van der Waals surface area contributed by atoms with Crippen LogP contribution in [0.25, 0.3) is 0 Å². The van der Waals surface area contributed by atoms with E-state index in [4.69, 9.17) is 23.6 Å². The van der Waals surface area contributed by atoms with Crippen LogP contribution in [-0.2, 0) is 27.9 Å². The predicted octanol–water partition coefficient (Wildman–Crippen LogP) is 13.1. The first-order valence-corrected chi connectivity index (χ1v) is 24.8. The summed E-state index contributed by atoms with van der Waals surface area (Å²) in [5.74, 6) is -0.395. The number of ether oxygens (including phenoxy) is 2. The molecular formula is C48H87O9P. The summed E-state index contributed by atoms with van der Waals surface area (Å²) in [6, 6.07) is 0. The lowest BCUT2D eigenvalue weighted by atomic mass is 10.1. The van der Waals surface area contributed by atoms with Gasteiger partial charge in [-0.25, -0.2) is 4.57 Å². The Morgan fingerprint density at radius 3 is 1.47 bits per heavy atom. The predicted molar refractivity (Wildman–Crippen MR) is 242 cm³/mol. The zero-order valence-corrected chi connectivity index (χ0v) is 37.9. The first-order chi connectivity index (χ1) is 28.3. The molecule has 0 heterocycles. The first kappa shape index (κ1) is 56.2. The number of rotatable bonds is 44. The van der Waals surface area contributed by atoms with Gasteiger partial charge in [-0.1, -0.05) is 171 Å². The smallest absolute Gasteiger partial charge is 0.457 e. The molecule has 3 unspecified atom stereocenters. The SMILES string of the molecule is CCC/C=C\C/C=C\CCCCCCCCOCC(COP(=O)(O)OCC(O)CO)OC(=O)CCCCCCCCCC/C=C\C/C=C\C/C=C\CCCCCCC. The van der Waals surface area contributed by atoms with Crippen LogP contribution >= 0.6 is 7.82 Å². The van der Waals surface area contributed by atoms with Crippen LogP contribution in [0.4, 0.5) is 0 Å². The van der Waals surface area contributed by atoms with E-state index in [0.717, 1.165) is 83.5 Å². The molecule has 0 saturated carbocycles. The Balaban J connectivity index is 4.14. The average Bonchev–Trinajstić information content (AvgIpc) is 3.21. The van der Waals surface area contributed by atoms with Crippen molar-refractivity contribution in [3.63, 3.8) is 0 Å². The molecule has 0 aliphatic rings. The van der Waals surface area contributed by atoms with Crippen molar-refractivity contribution < 1.29 is 43.0 Å². The van der Waals surface area contributed by atoms with Gasteiger partial charge in [-0.2, -0.15) is 0 Å². The summed E-state index contributed by atoms with van der Waals surface area (Å²) in [6.45, 7) is 3.41. The Labute approximate surface area is 355 Å². The van der Waals surface area contributed by atoms with Crippen molar-refractivity contribution in [1.82, 2.24) is 0 Å². The number of esters is 1. The molecule has 9 nitrogen and oxygen atoms in total. The third kappa shape index (κ3) is 43.7. The Morgan fingerprint density at radius 2 is 0.966 bits per heavy atom. The van der Waals surface area contributed by atoms with E-state index < -0.39 is 39.2 Å². The molecule has 338 valence electrons. The quantitative estimate of drug-likeness (QED) is 0.0237. The lowest BCUT2D eigenvalue weighted by Crippen LogP contribution is -2.29. The molecule has 0 radical (unpaired) electrons. The molecule has 3 N–H and O–H groups in total. The van der Waals surface area contributed by atoms with Gasteiger partial charge in [0.1, 0.15) is 12.2 Å². The molecule has 58 heavy (non-hydrogen) atoms. The van der Waals surface area contributed by atoms with Crippen molar-refractivity contribution in [1.29, 1.82) is 0 Å². The molecule has 3 atom stereocenters. The topological polar surface area (TPSA) is 132 Å². The summed E-state index contributed by atoms with van der Waals surface area (Å²) in [4.78, 5) is 22.6. The Hall–Kier alpha value is -1.84. The van der Waals surface area contributed by atoms with Gasteiger partial charge in [-0.05, 0) is 77.0 Å². The van der Waals surface area contributed by atoms with E-state index in [0.29, 0.717) is 6.61 Å². The fourth-order valence-electron chi connectivity index (χ4n) is 6.11. The van der Waals surface area contributed by atoms with Crippen molar-refractivity contribution >= 4 is 13.8 Å². The molecule has 0 amide bonds. The van der Waals surface area contributed by atoms with Gasteiger partial charge in [-0.15, -0.1) is 0 Å². The van der Waals surface area contributed by atoms with Gasteiger partial charge in [0.25, 0.3) is 0 Å². The van der Waals surface area contributed by atoms with Crippen molar-refractivity contribution in [2.24, 2.45) is 0 Å². The monoisotopic (exact) mass is 839 g/mol. The number of carbonyl (C=O) groups is 1. The number of allylic oxidation sites excluding steroid dienone is 10. The molecule has 0 fully saturated rings. The van der Waals surface area contributed by atoms with Gasteiger partial charge in [-0.3, -0.25) is 13.8 Å². The highest BCUT2D eigenvalue weighted by molar-refractivity contribution is 7.47. The van der Waals surface area contributed by atoms with Crippen LogP contribution in [0.15, 0.2) is 60.8 Å². The van der Waals surface area contributed by atoms with E-state index >= 15 is 0 Å². The molecular weight excluding hydrogens is 751 g/mol. The Morgan fingerprint density at radius 1 is 0.534 bits per heavy atom. The fourth-order valence-corrected chi connectivity index (χ4v) is 6.90. The van der Waals surface area contributed by atoms with Crippen LogP contribution in [0.2, 0.25) is 0 Å². The normalized spacial score (nSPS) is 14.5. The molecule has 0 aliphatic heterocycles. The second-order valence-corrected chi connectivity index (χ2v) is 16.9. The van der Waals surface area contributed by atoms with Gasteiger partial charge in [0.2, 0.25) is 0 Å². The van der Waals surface area contributed by atoms with Crippen molar-refractivity contribution in [3.05, 3.63) is 60.8 Å². The number of aliphatic hydroxyl groups is 2. The van der Waals surface area contributed by atoms with Crippen molar-refractivity contribution in [2.45, 2.75) is 206 Å². The third-order valence-electron chi connectivity index (χ3n) is 9.66. The molecule has 0 rings (SSSR count). The van der Waals surface area contributed by atoms with Crippen molar-refractivity contribution in [3.8, 4) is 0 Å². The molecule has 0 aromatic rings. The Kier molecular flexibility index (Phi) is 43.3. The number of hydrogen-bond donors (Lipinski definition) is 3. The maximum atomic E-state index is 12.6. The average molecular weight is 839 g/mol. The Bertz CT molecular complexity index is 1090. The lowest BCUT2D eigenvalue weighted by molar-refractivity contribution is -0.154.